The van der Waals surface area contributed by atoms with Gasteiger partial charge in [-0.15, -0.1) is 0 Å². The lowest BCUT2D eigenvalue weighted by Gasteiger charge is -2.10. The van der Waals surface area contributed by atoms with E-state index < -0.39 is 0 Å². The number of allylic oxidation sites excluding steroid dienone is 2. The van der Waals surface area contributed by atoms with Gasteiger partial charge in [0.25, 0.3) is 0 Å². The molecule has 0 radical (unpaired) electrons. The molecule has 9 heavy (non-hydrogen) atoms. The Kier molecular flexibility index (Phi) is 1.96. The molecule has 0 saturated carbocycles. The number of hydrogen-bond donors (Lipinski definition) is 0. The van der Waals surface area contributed by atoms with Crippen LogP contribution in [0, 0.1) is 0 Å². The maximum absolute atomic E-state index is 5.01. The van der Waals surface area contributed by atoms with Gasteiger partial charge in [-0.25, -0.2) is 0 Å². The Labute approximate surface area is 54.7 Å². The first-order valence-electron chi connectivity index (χ1n) is 2.77. The highest BCUT2D eigenvalue weighted by atomic mass is 16.5. The van der Waals surface area contributed by atoms with Crippen molar-refractivity contribution in [2.75, 3.05) is 6.73 Å². The average molecular weight is 123 g/mol. The minimum absolute atomic E-state index is 0.552. The second-order valence-corrected chi connectivity index (χ2v) is 1.66. The van der Waals surface area contributed by atoms with E-state index in [9.17, 15) is 0 Å². The lowest BCUT2D eigenvalue weighted by Crippen LogP contribution is -2.10. The number of ether oxygens (including phenoxy) is 1. The molecule has 0 atom stereocenters. The molecule has 2 nitrogen and oxygen atoms in total. The fourth-order valence-electron chi connectivity index (χ4n) is 0.547. The smallest absolute Gasteiger partial charge is 0.163 e. The van der Waals surface area contributed by atoms with Crippen LogP contribution in [-0.4, -0.2) is 11.6 Å². The predicted molar refractivity (Wildman–Crippen MR) is 36.3 cm³/mol. The van der Waals surface area contributed by atoms with Gasteiger partial charge in [-0.2, -0.15) is 0 Å². The average Bonchev–Trinajstić information content (AvgIpc) is 2.13. The van der Waals surface area contributed by atoms with Gasteiger partial charge in [0.15, 0.2) is 6.73 Å². The molecule has 0 N–H and O–H groups in total. The van der Waals surface area contributed by atoms with Gasteiger partial charge < -0.3 is 9.64 Å². The molecular weight excluding hydrogens is 114 g/mol. The van der Waals surface area contributed by atoms with Gasteiger partial charge in [0.1, 0.15) is 0 Å². The highest BCUT2D eigenvalue weighted by molar-refractivity contribution is 5.02. The number of nitrogens with zero attached hydrogens (tertiary/aromatic N) is 1. The van der Waals surface area contributed by atoms with Crippen LogP contribution in [0.25, 0.3) is 0 Å². The second kappa shape index (κ2) is 2.97. The van der Waals surface area contributed by atoms with Gasteiger partial charge in [-0.3, -0.25) is 0 Å². The molecule has 1 heterocycles. The zero-order chi connectivity index (χ0) is 6.53. The fourth-order valence-corrected chi connectivity index (χ4v) is 0.547. The molecule has 1 rings (SSSR count). The zero-order valence-electron chi connectivity index (χ0n) is 5.16. The Hall–Kier alpha value is -1.18. The van der Waals surface area contributed by atoms with E-state index >= 15 is 0 Å². The predicted octanol–water partition coefficient (Wildman–Crippen LogP) is 1.45. The van der Waals surface area contributed by atoms with Crippen LogP contribution in [0.3, 0.4) is 0 Å². The Morgan fingerprint density at radius 1 is 1.56 bits per heavy atom. The van der Waals surface area contributed by atoms with Gasteiger partial charge in [0.05, 0.1) is 6.26 Å². The maximum Gasteiger partial charge on any atom is 0.163 e. The Morgan fingerprint density at radius 2 is 2.44 bits per heavy atom. The van der Waals surface area contributed by atoms with E-state index in [0.717, 1.165) is 0 Å². The minimum atomic E-state index is 0.552. The standard InChI is InChI=1S/C7H9NO/c1-2-8-5-3-4-6-9-7-8/h2-6H,1,7H2. The SMILES string of the molecule is C=CN1C=CC=COC1. The van der Waals surface area contributed by atoms with Gasteiger partial charge >= 0.3 is 0 Å². The van der Waals surface area contributed by atoms with Crippen molar-refractivity contribution in [1.82, 2.24) is 4.90 Å². The first kappa shape index (κ1) is 5.95. The third kappa shape index (κ3) is 1.64. The van der Waals surface area contributed by atoms with Crippen molar-refractivity contribution in [3.8, 4) is 0 Å². The zero-order valence-corrected chi connectivity index (χ0v) is 5.16. The maximum atomic E-state index is 5.01. The molecule has 0 spiro atoms. The molecular formula is C7H9NO. The van der Waals surface area contributed by atoms with Crippen molar-refractivity contribution in [3.63, 3.8) is 0 Å². The summed E-state index contributed by atoms with van der Waals surface area (Å²) in [4.78, 5) is 1.85. The van der Waals surface area contributed by atoms with E-state index in [2.05, 4.69) is 6.58 Å². The van der Waals surface area contributed by atoms with Crippen LogP contribution in [0.5, 0.6) is 0 Å². The molecule has 0 amide bonds. The molecule has 0 aromatic heterocycles. The van der Waals surface area contributed by atoms with Crippen LogP contribution in [0.4, 0.5) is 0 Å². The van der Waals surface area contributed by atoms with Crippen molar-refractivity contribution in [2.24, 2.45) is 0 Å². The third-order valence-electron chi connectivity index (χ3n) is 1.02. The highest BCUT2D eigenvalue weighted by Crippen LogP contribution is 1.96. The summed E-state index contributed by atoms with van der Waals surface area (Å²) < 4.78 is 5.01. The largest absolute Gasteiger partial charge is 0.480 e. The number of hydrogen-bond acceptors (Lipinski definition) is 2. The summed E-state index contributed by atoms with van der Waals surface area (Å²) in [6.07, 6.45) is 9.00. The van der Waals surface area contributed by atoms with E-state index in [4.69, 9.17) is 4.74 Å². The van der Waals surface area contributed by atoms with Crippen molar-refractivity contribution in [3.05, 3.63) is 37.4 Å². The summed E-state index contributed by atoms with van der Waals surface area (Å²) in [5, 5.41) is 0. The molecule has 0 aromatic rings. The Bertz CT molecular complexity index is 149. The van der Waals surface area contributed by atoms with Crippen molar-refractivity contribution < 1.29 is 4.74 Å². The molecule has 0 unspecified atom stereocenters. The summed E-state index contributed by atoms with van der Waals surface area (Å²) in [7, 11) is 0. The lowest BCUT2D eigenvalue weighted by molar-refractivity contribution is 0.165. The molecule has 0 aromatic carbocycles. The summed E-state index contributed by atoms with van der Waals surface area (Å²) in [5.74, 6) is 0. The first-order valence-corrected chi connectivity index (χ1v) is 2.77. The van der Waals surface area contributed by atoms with Gasteiger partial charge in [0, 0.05) is 6.20 Å². The van der Waals surface area contributed by atoms with Crippen molar-refractivity contribution >= 4 is 0 Å². The molecule has 0 aliphatic carbocycles. The van der Waals surface area contributed by atoms with Crippen LogP contribution in [0.2, 0.25) is 0 Å². The summed E-state index contributed by atoms with van der Waals surface area (Å²) >= 11 is 0. The lowest BCUT2D eigenvalue weighted by atomic mass is 10.6. The molecule has 0 bridgehead atoms. The van der Waals surface area contributed by atoms with E-state index in [1.54, 1.807) is 12.5 Å². The van der Waals surface area contributed by atoms with E-state index in [1.165, 1.54) is 0 Å². The first-order chi connectivity index (χ1) is 4.43. The molecule has 1 aliphatic rings. The quantitative estimate of drug-likeness (QED) is 0.523. The summed E-state index contributed by atoms with van der Waals surface area (Å²) in [6, 6.07) is 0. The fraction of sp³-hybridized carbons (Fsp3) is 0.143. The van der Waals surface area contributed by atoms with E-state index in [0.29, 0.717) is 6.73 Å². The normalized spacial score (nSPS) is 16.7. The third-order valence-corrected chi connectivity index (χ3v) is 1.02. The van der Waals surface area contributed by atoms with Crippen LogP contribution in [0.1, 0.15) is 0 Å². The van der Waals surface area contributed by atoms with Crippen LogP contribution in [0.15, 0.2) is 37.4 Å². The molecule has 0 fully saturated rings. The van der Waals surface area contributed by atoms with Crippen LogP contribution >= 0.6 is 0 Å². The summed E-state index contributed by atoms with van der Waals surface area (Å²) in [5.41, 5.74) is 0. The molecule has 2 heteroatoms. The summed E-state index contributed by atoms with van der Waals surface area (Å²) in [6.45, 7) is 4.14. The van der Waals surface area contributed by atoms with Crippen molar-refractivity contribution in [1.29, 1.82) is 0 Å². The Balaban J connectivity index is 2.50. The molecule has 48 valence electrons. The van der Waals surface area contributed by atoms with Gasteiger partial charge in [-0.1, -0.05) is 6.58 Å². The van der Waals surface area contributed by atoms with E-state index in [1.807, 2.05) is 23.3 Å². The highest BCUT2D eigenvalue weighted by Gasteiger charge is 1.91. The van der Waals surface area contributed by atoms with Crippen molar-refractivity contribution in [2.45, 2.75) is 0 Å². The van der Waals surface area contributed by atoms with Crippen LogP contribution < -0.4 is 0 Å². The van der Waals surface area contributed by atoms with E-state index in [-0.39, 0.29) is 0 Å². The topological polar surface area (TPSA) is 12.5 Å². The van der Waals surface area contributed by atoms with Gasteiger partial charge in [-0.05, 0) is 18.4 Å². The second-order valence-electron chi connectivity index (χ2n) is 1.66. The monoisotopic (exact) mass is 123 g/mol. The minimum Gasteiger partial charge on any atom is -0.480 e. The Morgan fingerprint density at radius 3 is 3.22 bits per heavy atom. The molecule has 1 aliphatic heterocycles. The van der Waals surface area contributed by atoms with Gasteiger partial charge in [0.2, 0.25) is 0 Å². The number of rotatable bonds is 1. The molecule has 0 saturated heterocycles. The van der Waals surface area contributed by atoms with Crippen LogP contribution in [-0.2, 0) is 4.74 Å².